The molecule has 4 nitrogen and oxygen atoms in total. The molecular formula is C14H10Cl2N2O2S2. The van der Waals surface area contributed by atoms with Crippen LogP contribution >= 0.6 is 46.3 Å². The normalized spacial score (nSPS) is 11.0. The van der Waals surface area contributed by atoms with Crippen molar-refractivity contribution in [3.05, 3.63) is 44.1 Å². The van der Waals surface area contributed by atoms with Crippen molar-refractivity contribution in [1.29, 1.82) is 0 Å². The third-order valence-electron chi connectivity index (χ3n) is 2.93. The van der Waals surface area contributed by atoms with E-state index in [0.717, 1.165) is 21.8 Å². The number of imidazole rings is 1. The predicted octanol–water partition coefficient (Wildman–Crippen LogP) is 5.01. The average Bonchev–Trinajstić information content (AvgIpc) is 3.07. The fourth-order valence-corrected chi connectivity index (χ4v) is 4.28. The van der Waals surface area contributed by atoms with Crippen LogP contribution in [0.1, 0.15) is 15.2 Å². The van der Waals surface area contributed by atoms with Crippen LogP contribution < -0.4 is 0 Å². The first-order chi connectivity index (χ1) is 10.6. The summed E-state index contributed by atoms with van der Waals surface area (Å²) in [5.74, 6) is 0.237. The molecule has 0 aliphatic carbocycles. The highest BCUT2D eigenvalue weighted by Gasteiger charge is 2.14. The number of aromatic amines is 1. The minimum absolute atomic E-state index is 0.374. The molecule has 0 aliphatic heterocycles. The first kappa shape index (κ1) is 15.7. The van der Waals surface area contributed by atoms with E-state index < -0.39 is 0 Å². The van der Waals surface area contributed by atoms with Crippen LogP contribution in [-0.2, 0) is 10.5 Å². The molecule has 0 radical (unpaired) electrons. The maximum Gasteiger partial charge on any atom is 0.348 e. The van der Waals surface area contributed by atoms with E-state index in [9.17, 15) is 4.79 Å². The monoisotopic (exact) mass is 372 g/mol. The van der Waals surface area contributed by atoms with Gasteiger partial charge in [-0.05, 0) is 29.8 Å². The lowest BCUT2D eigenvalue weighted by Crippen LogP contribution is -1.97. The van der Waals surface area contributed by atoms with Crippen molar-refractivity contribution in [2.24, 2.45) is 0 Å². The lowest BCUT2D eigenvalue weighted by Gasteiger charge is -1.96. The Morgan fingerprint density at radius 1 is 1.41 bits per heavy atom. The van der Waals surface area contributed by atoms with Crippen molar-refractivity contribution < 1.29 is 9.53 Å². The van der Waals surface area contributed by atoms with E-state index in [1.165, 1.54) is 30.2 Å². The molecule has 2 aromatic heterocycles. The van der Waals surface area contributed by atoms with E-state index >= 15 is 0 Å². The zero-order valence-electron chi connectivity index (χ0n) is 11.4. The number of esters is 1. The van der Waals surface area contributed by atoms with Crippen molar-refractivity contribution in [2.45, 2.75) is 10.9 Å². The van der Waals surface area contributed by atoms with Gasteiger partial charge < -0.3 is 9.72 Å². The van der Waals surface area contributed by atoms with Crippen molar-refractivity contribution in [1.82, 2.24) is 9.97 Å². The molecule has 0 fully saturated rings. The van der Waals surface area contributed by atoms with Crippen molar-refractivity contribution in [3.8, 4) is 0 Å². The van der Waals surface area contributed by atoms with Gasteiger partial charge in [-0.25, -0.2) is 9.78 Å². The summed E-state index contributed by atoms with van der Waals surface area (Å²) in [6.45, 7) is 0. The van der Waals surface area contributed by atoms with Crippen LogP contribution in [0.25, 0.3) is 11.0 Å². The van der Waals surface area contributed by atoms with Gasteiger partial charge >= 0.3 is 5.97 Å². The number of thiophene rings is 1. The number of hydrogen-bond donors (Lipinski definition) is 1. The van der Waals surface area contributed by atoms with Crippen LogP contribution in [0.15, 0.2) is 29.4 Å². The van der Waals surface area contributed by atoms with Gasteiger partial charge in [-0.2, -0.15) is 0 Å². The Hall–Kier alpha value is -1.21. The molecule has 114 valence electrons. The maximum absolute atomic E-state index is 11.5. The summed E-state index contributed by atoms with van der Waals surface area (Å²) < 4.78 is 5.28. The Morgan fingerprint density at radius 2 is 2.23 bits per heavy atom. The second-order valence-electron chi connectivity index (χ2n) is 4.39. The molecular weight excluding hydrogens is 363 g/mol. The number of aromatic nitrogens is 2. The predicted molar refractivity (Wildman–Crippen MR) is 91.3 cm³/mol. The van der Waals surface area contributed by atoms with E-state index in [2.05, 4.69) is 9.97 Å². The Morgan fingerprint density at radius 3 is 3.00 bits per heavy atom. The number of carbonyl (C=O) groups excluding carboxylic acids is 1. The summed E-state index contributed by atoms with van der Waals surface area (Å²) in [6, 6.07) is 7.26. The standard InChI is InChI=1S/C14H10Cl2N2O2S2/c1-20-13(19)11-4-7(12(16)22-11)6-21-14-17-9-3-2-8(15)5-10(9)18-14/h2-5H,6H2,1H3,(H,17,18). The summed E-state index contributed by atoms with van der Waals surface area (Å²) in [5, 5.41) is 1.44. The first-order valence-electron chi connectivity index (χ1n) is 6.21. The number of methoxy groups -OCH3 is 1. The summed E-state index contributed by atoms with van der Waals surface area (Å²) in [5.41, 5.74) is 2.63. The molecule has 0 aliphatic rings. The molecule has 1 aromatic carbocycles. The molecule has 0 spiro atoms. The number of nitrogens with one attached hydrogen (secondary N) is 1. The van der Waals surface area contributed by atoms with E-state index in [1.54, 1.807) is 12.1 Å². The Balaban J connectivity index is 1.76. The average molecular weight is 373 g/mol. The van der Waals surface area contributed by atoms with Crippen molar-refractivity contribution >= 4 is 63.3 Å². The Bertz CT molecular complexity index is 845. The van der Waals surface area contributed by atoms with Crippen LogP contribution in [0, 0.1) is 0 Å². The van der Waals surface area contributed by atoms with Crippen LogP contribution in [0.2, 0.25) is 9.36 Å². The van der Waals surface area contributed by atoms with E-state index in [4.69, 9.17) is 27.9 Å². The topological polar surface area (TPSA) is 55.0 Å². The van der Waals surface area contributed by atoms with Crippen molar-refractivity contribution in [3.63, 3.8) is 0 Å². The highest BCUT2D eigenvalue weighted by atomic mass is 35.5. The van der Waals surface area contributed by atoms with Gasteiger partial charge in [-0.15, -0.1) is 11.3 Å². The number of benzene rings is 1. The number of nitrogens with zero attached hydrogens (tertiary/aromatic N) is 1. The second-order valence-corrected chi connectivity index (χ2v) is 7.45. The molecule has 0 bridgehead atoms. The van der Waals surface area contributed by atoms with Crippen molar-refractivity contribution in [2.75, 3.05) is 7.11 Å². The molecule has 0 atom stereocenters. The molecule has 3 aromatic rings. The Kier molecular flexibility index (Phi) is 4.63. The van der Waals surface area contributed by atoms with Gasteiger partial charge in [-0.1, -0.05) is 35.0 Å². The van der Waals surface area contributed by atoms with Gasteiger partial charge in [-0.3, -0.25) is 0 Å². The number of H-pyrrole nitrogens is 1. The number of carbonyl (C=O) groups is 1. The molecule has 0 amide bonds. The number of halogens is 2. The molecule has 0 saturated carbocycles. The number of rotatable bonds is 4. The number of hydrogen-bond acceptors (Lipinski definition) is 5. The number of ether oxygens (including phenoxy) is 1. The SMILES string of the molecule is COC(=O)c1cc(CSc2nc3ccc(Cl)cc3[nH]2)c(Cl)s1. The molecule has 0 unspecified atom stereocenters. The van der Waals surface area contributed by atoms with Gasteiger partial charge in [0.25, 0.3) is 0 Å². The third-order valence-corrected chi connectivity index (χ3v) is 5.51. The van der Waals surface area contributed by atoms with Gasteiger partial charge in [0.05, 0.1) is 22.5 Å². The fraction of sp³-hybridized carbons (Fsp3) is 0.143. The Labute approximate surface area is 144 Å². The van der Waals surface area contributed by atoms with E-state index in [-0.39, 0.29) is 5.97 Å². The zero-order chi connectivity index (χ0) is 15.7. The molecule has 22 heavy (non-hydrogen) atoms. The lowest BCUT2D eigenvalue weighted by molar-refractivity contribution is 0.0606. The van der Waals surface area contributed by atoms with E-state index in [0.29, 0.717) is 20.0 Å². The molecule has 2 heterocycles. The summed E-state index contributed by atoms with van der Waals surface area (Å²) in [6.07, 6.45) is 0. The zero-order valence-corrected chi connectivity index (χ0v) is 14.5. The van der Waals surface area contributed by atoms with Gasteiger partial charge in [0, 0.05) is 10.8 Å². The van der Waals surface area contributed by atoms with Crippen LogP contribution in [0.5, 0.6) is 0 Å². The second kappa shape index (κ2) is 6.50. The minimum Gasteiger partial charge on any atom is -0.465 e. The molecule has 0 saturated heterocycles. The molecule has 1 N–H and O–H groups in total. The highest BCUT2D eigenvalue weighted by Crippen LogP contribution is 2.33. The number of fused-ring (bicyclic) bond motifs is 1. The van der Waals surface area contributed by atoms with Crippen LogP contribution in [0.4, 0.5) is 0 Å². The fourth-order valence-electron chi connectivity index (χ4n) is 1.88. The summed E-state index contributed by atoms with van der Waals surface area (Å²) in [7, 11) is 1.35. The quantitative estimate of drug-likeness (QED) is 0.516. The minimum atomic E-state index is -0.374. The maximum atomic E-state index is 11.5. The largest absolute Gasteiger partial charge is 0.465 e. The smallest absolute Gasteiger partial charge is 0.348 e. The number of thioether (sulfide) groups is 1. The molecule has 3 rings (SSSR count). The highest BCUT2D eigenvalue weighted by molar-refractivity contribution is 7.98. The summed E-state index contributed by atoms with van der Waals surface area (Å²) in [4.78, 5) is 19.7. The molecule has 8 heteroatoms. The van der Waals surface area contributed by atoms with Gasteiger partial charge in [0.2, 0.25) is 0 Å². The lowest BCUT2D eigenvalue weighted by atomic mass is 10.3. The third kappa shape index (κ3) is 3.25. The van der Waals surface area contributed by atoms with Gasteiger partial charge in [0.15, 0.2) is 5.16 Å². The summed E-state index contributed by atoms with van der Waals surface area (Å²) >= 11 is 14.8. The van der Waals surface area contributed by atoms with Crippen LogP contribution in [-0.4, -0.2) is 23.0 Å². The van der Waals surface area contributed by atoms with E-state index in [1.807, 2.05) is 12.1 Å². The van der Waals surface area contributed by atoms with Crippen LogP contribution in [0.3, 0.4) is 0 Å². The first-order valence-corrected chi connectivity index (χ1v) is 8.77. The van der Waals surface area contributed by atoms with Gasteiger partial charge in [0.1, 0.15) is 4.88 Å².